The molecule has 0 unspecified atom stereocenters. The molecule has 4 nitrogen and oxygen atoms in total. The van der Waals surface area contributed by atoms with Crippen LogP contribution in [0.5, 0.6) is 0 Å². The summed E-state index contributed by atoms with van der Waals surface area (Å²) in [4.78, 5) is 0.341. The number of rotatable bonds is 5. The number of hydrogen-bond donors (Lipinski definition) is 2. The van der Waals surface area contributed by atoms with Gasteiger partial charge in [-0.1, -0.05) is 31.4 Å². The predicted octanol–water partition coefficient (Wildman–Crippen LogP) is 3.12. The first kappa shape index (κ1) is 15.3. The molecule has 0 aromatic heterocycles. The summed E-state index contributed by atoms with van der Waals surface area (Å²) >= 11 is 0. The average molecular weight is 296 g/mol. The van der Waals surface area contributed by atoms with Crippen molar-refractivity contribution in [2.75, 3.05) is 11.9 Å². The van der Waals surface area contributed by atoms with E-state index in [9.17, 15) is 8.42 Å². The van der Waals surface area contributed by atoms with Crippen molar-refractivity contribution >= 4 is 15.7 Å². The van der Waals surface area contributed by atoms with Crippen LogP contribution in [0.2, 0.25) is 0 Å². The average Bonchev–Trinajstić information content (AvgIpc) is 2.39. The van der Waals surface area contributed by atoms with E-state index in [-0.39, 0.29) is 5.54 Å². The highest BCUT2D eigenvalue weighted by Crippen LogP contribution is 2.30. The lowest BCUT2D eigenvalue weighted by Gasteiger charge is -2.34. The first-order chi connectivity index (χ1) is 9.47. The minimum atomic E-state index is -3.48. The Labute approximate surface area is 122 Å². The molecular formula is C15H24N2O2S. The Hall–Kier alpha value is -1.07. The zero-order valence-electron chi connectivity index (χ0n) is 12.3. The topological polar surface area (TPSA) is 58.2 Å². The lowest BCUT2D eigenvalue weighted by Crippen LogP contribution is -2.47. The highest BCUT2D eigenvalue weighted by atomic mass is 32.2. The summed E-state index contributed by atoms with van der Waals surface area (Å²) in [5, 5.41) is 3.11. The molecule has 1 aliphatic carbocycles. The molecule has 0 heterocycles. The van der Waals surface area contributed by atoms with Gasteiger partial charge in [0.1, 0.15) is 4.90 Å². The summed E-state index contributed by atoms with van der Waals surface area (Å²) < 4.78 is 28.2. The summed E-state index contributed by atoms with van der Waals surface area (Å²) in [6.07, 6.45) is 5.21. The highest BCUT2D eigenvalue weighted by Gasteiger charge is 2.32. The second-order valence-electron chi connectivity index (χ2n) is 5.75. The normalized spacial score (nSPS) is 18.7. The van der Waals surface area contributed by atoms with E-state index in [0.29, 0.717) is 17.1 Å². The van der Waals surface area contributed by atoms with Crippen LogP contribution in [0.3, 0.4) is 0 Å². The monoisotopic (exact) mass is 296 g/mol. The molecule has 0 bridgehead atoms. The minimum absolute atomic E-state index is 0.309. The van der Waals surface area contributed by atoms with Crippen LogP contribution in [0.25, 0.3) is 0 Å². The van der Waals surface area contributed by atoms with Crippen LogP contribution >= 0.6 is 0 Å². The molecule has 1 fully saturated rings. The molecule has 0 amide bonds. The Morgan fingerprint density at radius 1 is 1.15 bits per heavy atom. The standard InChI is InChI=1S/C15H24N2O2S/c1-3-16-13-9-5-6-10-14(13)20(18,19)17-15(2)11-7-4-8-12-15/h5-6,9-10,16-17H,3-4,7-8,11-12H2,1-2H3. The second kappa shape index (κ2) is 6.14. The maximum atomic E-state index is 12.7. The molecule has 0 saturated heterocycles. The lowest BCUT2D eigenvalue weighted by molar-refractivity contribution is 0.294. The fourth-order valence-corrected chi connectivity index (χ4v) is 4.50. The molecule has 1 saturated carbocycles. The van der Waals surface area contributed by atoms with Gasteiger partial charge in [0.2, 0.25) is 10.0 Å². The molecule has 0 aliphatic heterocycles. The Kier molecular flexibility index (Phi) is 4.70. The van der Waals surface area contributed by atoms with Gasteiger partial charge in [0, 0.05) is 12.1 Å². The van der Waals surface area contributed by atoms with Crippen molar-refractivity contribution in [3.63, 3.8) is 0 Å². The first-order valence-corrected chi connectivity index (χ1v) is 8.82. The van der Waals surface area contributed by atoms with E-state index in [1.807, 2.05) is 19.9 Å². The van der Waals surface area contributed by atoms with Crippen LogP contribution in [0.15, 0.2) is 29.2 Å². The van der Waals surface area contributed by atoms with Gasteiger partial charge in [-0.3, -0.25) is 0 Å². The highest BCUT2D eigenvalue weighted by molar-refractivity contribution is 7.89. The van der Waals surface area contributed by atoms with Gasteiger partial charge in [-0.05, 0) is 38.8 Å². The molecule has 1 aliphatic rings. The van der Waals surface area contributed by atoms with Gasteiger partial charge in [-0.2, -0.15) is 0 Å². The Morgan fingerprint density at radius 3 is 2.45 bits per heavy atom. The number of benzene rings is 1. The number of hydrogen-bond acceptors (Lipinski definition) is 3. The van der Waals surface area contributed by atoms with E-state index in [4.69, 9.17) is 0 Å². The summed E-state index contributed by atoms with van der Waals surface area (Å²) in [5.74, 6) is 0. The van der Waals surface area contributed by atoms with Crippen molar-refractivity contribution in [3.05, 3.63) is 24.3 Å². The van der Waals surface area contributed by atoms with E-state index in [0.717, 1.165) is 25.7 Å². The van der Waals surface area contributed by atoms with Crippen molar-refractivity contribution < 1.29 is 8.42 Å². The molecule has 1 aromatic carbocycles. The maximum Gasteiger partial charge on any atom is 0.243 e. The van der Waals surface area contributed by atoms with Gasteiger partial charge in [0.05, 0.1) is 5.69 Å². The fraction of sp³-hybridized carbons (Fsp3) is 0.600. The summed E-state index contributed by atoms with van der Waals surface area (Å²) in [6, 6.07) is 7.08. The third-order valence-corrected chi connectivity index (χ3v) is 5.58. The van der Waals surface area contributed by atoms with Gasteiger partial charge >= 0.3 is 0 Å². The van der Waals surface area contributed by atoms with Crippen LogP contribution in [0, 0.1) is 0 Å². The molecular weight excluding hydrogens is 272 g/mol. The summed E-state index contributed by atoms with van der Waals surface area (Å²) in [5.41, 5.74) is 0.359. The van der Waals surface area contributed by atoms with E-state index in [1.165, 1.54) is 6.42 Å². The largest absolute Gasteiger partial charge is 0.384 e. The molecule has 1 aromatic rings. The van der Waals surface area contributed by atoms with Crippen molar-refractivity contribution in [1.82, 2.24) is 4.72 Å². The third-order valence-electron chi connectivity index (χ3n) is 3.88. The quantitative estimate of drug-likeness (QED) is 0.877. The van der Waals surface area contributed by atoms with Gasteiger partial charge in [-0.25, -0.2) is 13.1 Å². The molecule has 20 heavy (non-hydrogen) atoms. The molecule has 0 atom stereocenters. The van der Waals surface area contributed by atoms with Crippen molar-refractivity contribution in [2.45, 2.75) is 56.4 Å². The Morgan fingerprint density at radius 2 is 1.80 bits per heavy atom. The minimum Gasteiger partial charge on any atom is -0.384 e. The SMILES string of the molecule is CCNc1ccccc1S(=O)(=O)NC1(C)CCCCC1. The van der Waals surface area contributed by atoms with Crippen LogP contribution in [-0.2, 0) is 10.0 Å². The van der Waals surface area contributed by atoms with Gasteiger partial charge in [0.15, 0.2) is 0 Å². The molecule has 2 N–H and O–H groups in total. The van der Waals surface area contributed by atoms with Crippen LogP contribution in [-0.4, -0.2) is 20.5 Å². The van der Waals surface area contributed by atoms with Crippen LogP contribution in [0.4, 0.5) is 5.69 Å². The summed E-state index contributed by atoms with van der Waals surface area (Å²) in [6.45, 7) is 4.67. The molecule has 112 valence electrons. The molecule has 5 heteroatoms. The van der Waals surface area contributed by atoms with Crippen molar-refractivity contribution in [2.24, 2.45) is 0 Å². The Bertz CT molecular complexity index is 549. The van der Waals surface area contributed by atoms with Crippen LogP contribution < -0.4 is 10.0 Å². The summed E-state index contributed by atoms with van der Waals surface area (Å²) in [7, 11) is -3.48. The third kappa shape index (κ3) is 3.52. The molecule has 2 rings (SSSR count). The lowest BCUT2D eigenvalue weighted by atomic mass is 9.84. The Balaban J connectivity index is 2.26. The number of para-hydroxylation sites is 1. The van der Waals surface area contributed by atoms with Gasteiger partial charge in [-0.15, -0.1) is 0 Å². The second-order valence-corrected chi connectivity index (χ2v) is 7.40. The van der Waals surface area contributed by atoms with E-state index >= 15 is 0 Å². The molecule has 0 radical (unpaired) electrons. The van der Waals surface area contributed by atoms with Crippen molar-refractivity contribution in [1.29, 1.82) is 0 Å². The number of sulfonamides is 1. The van der Waals surface area contributed by atoms with E-state index in [2.05, 4.69) is 10.0 Å². The van der Waals surface area contributed by atoms with Crippen molar-refractivity contribution in [3.8, 4) is 0 Å². The zero-order chi connectivity index (χ0) is 14.6. The fourth-order valence-electron chi connectivity index (χ4n) is 2.85. The first-order valence-electron chi connectivity index (χ1n) is 7.34. The maximum absolute atomic E-state index is 12.7. The van der Waals surface area contributed by atoms with E-state index < -0.39 is 10.0 Å². The van der Waals surface area contributed by atoms with E-state index in [1.54, 1.807) is 18.2 Å². The van der Waals surface area contributed by atoms with Crippen LogP contribution in [0.1, 0.15) is 46.0 Å². The van der Waals surface area contributed by atoms with Gasteiger partial charge in [0.25, 0.3) is 0 Å². The number of anilines is 1. The zero-order valence-corrected chi connectivity index (χ0v) is 13.1. The number of nitrogens with one attached hydrogen (secondary N) is 2. The van der Waals surface area contributed by atoms with Gasteiger partial charge < -0.3 is 5.32 Å². The smallest absolute Gasteiger partial charge is 0.243 e. The predicted molar refractivity (Wildman–Crippen MR) is 82.4 cm³/mol. The molecule has 0 spiro atoms.